The molecule has 1 N–H and O–H groups in total. The molecule has 0 amide bonds. The lowest BCUT2D eigenvalue weighted by molar-refractivity contribution is -0.146. The molecule has 0 fully saturated rings. The van der Waals surface area contributed by atoms with E-state index in [4.69, 9.17) is 26.2 Å². The fourth-order valence-corrected chi connectivity index (χ4v) is 3.38. The third-order valence-corrected chi connectivity index (χ3v) is 4.59. The summed E-state index contributed by atoms with van der Waals surface area (Å²) in [6.45, 7) is 1.24. The molecule has 2 heterocycles. The van der Waals surface area contributed by atoms with Crippen LogP contribution in [0.2, 0.25) is 5.02 Å². The predicted molar refractivity (Wildman–Crippen MR) is 104 cm³/mol. The van der Waals surface area contributed by atoms with Gasteiger partial charge in [0.05, 0.1) is 11.4 Å². The van der Waals surface area contributed by atoms with E-state index in [1.54, 1.807) is 22.8 Å². The monoisotopic (exact) mass is 411 g/mol. The van der Waals surface area contributed by atoms with Gasteiger partial charge in [-0.25, -0.2) is 14.8 Å². The summed E-state index contributed by atoms with van der Waals surface area (Å²) in [7, 11) is 0. The van der Waals surface area contributed by atoms with Gasteiger partial charge < -0.3 is 14.6 Å². The van der Waals surface area contributed by atoms with E-state index in [9.17, 15) is 9.59 Å². The van der Waals surface area contributed by atoms with Crippen LogP contribution in [-0.2, 0) is 9.53 Å². The van der Waals surface area contributed by atoms with Crippen LogP contribution in [0.1, 0.15) is 30.0 Å². The SMILES string of the molecule is CC(=O)OC1N=C(c2ccccc2Cl)c2ccccc2-n2cnc(OC(=O)O)c21. The van der Waals surface area contributed by atoms with Crippen molar-refractivity contribution in [2.24, 2.45) is 4.99 Å². The van der Waals surface area contributed by atoms with Gasteiger partial charge >= 0.3 is 12.1 Å². The van der Waals surface area contributed by atoms with Crippen LogP contribution in [-0.4, -0.2) is 32.5 Å². The van der Waals surface area contributed by atoms with Crippen LogP contribution >= 0.6 is 11.6 Å². The molecule has 0 spiro atoms. The maximum atomic E-state index is 11.8. The maximum absolute atomic E-state index is 11.8. The van der Waals surface area contributed by atoms with Crippen LogP contribution in [0, 0.1) is 0 Å². The summed E-state index contributed by atoms with van der Waals surface area (Å²) >= 11 is 6.41. The molecule has 146 valence electrons. The van der Waals surface area contributed by atoms with E-state index >= 15 is 0 Å². The second-order valence-electron chi connectivity index (χ2n) is 6.11. The molecule has 0 radical (unpaired) electrons. The summed E-state index contributed by atoms with van der Waals surface area (Å²) < 4.78 is 11.8. The Morgan fingerprint density at radius 2 is 1.79 bits per heavy atom. The van der Waals surface area contributed by atoms with Crippen LogP contribution in [0.25, 0.3) is 5.69 Å². The van der Waals surface area contributed by atoms with Gasteiger partial charge in [-0.05, 0) is 12.1 Å². The van der Waals surface area contributed by atoms with Gasteiger partial charge in [0.1, 0.15) is 6.33 Å². The predicted octanol–water partition coefficient (Wildman–Crippen LogP) is 4.00. The van der Waals surface area contributed by atoms with Crippen LogP contribution in [0.5, 0.6) is 5.88 Å². The normalized spacial score (nSPS) is 14.8. The van der Waals surface area contributed by atoms with Gasteiger partial charge in [-0.3, -0.25) is 9.36 Å². The summed E-state index contributed by atoms with van der Waals surface area (Å²) in [5.41, 5.74) is 2.66. The van der Waals surface area contributed by atoms with Gasteiger partial charge in [0.25, 0.3) is 5.88 Å². The second kappa shape index (κ2) is 7.40. The van der Waals surface area contributed by atoms with Crippen LogP contribution in [0.3, 0.4) is 0 Å². The van der Waals surface area contributed by atoms with Crippen molar-refractivity contribution in [1.29, 1.82) is 0 Å². The smallest absolute Gasteiger partial charge is 0.449 e. The number of ether oxygens (including phenoxy) is 2. The number of para-hydroxylation sites is 1. The lowest BCUT2D eigenvalue weighted by Crippen LogP contribution is -2.13. The summed E-state index contributed by atoms with van der Waals surface area (Å²) in [6.07, 6.45) is -1.34. The number of fused-ring (bicyclic) bond motifs is 3. The minimum Gasteiger partial charge on any atom is -0.449 e. The molecule has 2 aromatic carbocycles. The quantitative estimate of drug-likeness (QED) is 0.653. The zero-order chi connectivity index (χ0) is 20.5. The van der Waals surface area contributed by atoms with Crippen molar-refractivity contribution in [2.45, 2.75) is 13.2 Å². The molecular formula is C20H14ClN3O5. The van der Waals surface area contributed by atoms with Gasteiger partial charge in [-0.1, -0.05) is 48.0 Å². The molecule has 0 saturated heterocycles. The van der Waals surface area contributed by atoms with Crippen molar-refractivity contribution in [3.8, 4) is 11.6 Å². The first-order valence-corrected chi connectivity index (χ1v) is 8.91. The first kappa shape index (κ1) is 18.7. The van der Waals surface area contributed by atoms with Crippen molar-refractivity contribution in [3.05, 3.63) is 76.7 Å². The molecule has 1 atom stereocenters. The first-order chi connectivity index (χ1) is 14.0. The van der Waals surface area contributed by atoms with Gasteiger partial charge in [-0.2, -0.15) is 0 Å². The van der Waals surface area contributed by atoms with Crippen molar-refractivity contribution in [2.75, 3.05) is 0 Å². The third kappa shape index (κ3) is 3.45. The standard InChI is InChI=1S/C20H14ClN3O5/c1-11(25)28-19-17-18(29-20(26)27)22-10-24(17)15-9-5-3-7-13(15)16(23-19)12-6-2-4-8-14(12)21/h2-10,19H,1H3,(H,26,27). The second-order valence-corrected chi connectivity index (χ2v) is 6.52. The molecule has 0 bridgehead atoms. The number of nitrogens with zero attached hydrogens (tertiary/aromatic N) is 3. The molecule has 29 heavy (non-hydrogen) atoms. The average molecular weight is 412 g/mol. The molecule has 0 saturated carbocycles. The number of hydrogen-bond donors (Lipinski definition) is 1. The van der Waals surface area contributed by atoms with E-state index in [1.165, 1.54) is 13.3 Å². The first-order valence-electron chi connectivity index (χ1n) is 8.53. The molecule has 1 aromatic heterocycles. The van der Waals surface area contributed by atoms with Crippen molar-refractivity contribution in [1.82, 2.24) is 9.55 Å². The molecule has 9 heteroatoms. The topological polar surface area (TPSA) is 103 Å². The Hall–Kier alpha value is -3.65. The third-order valence-electron chi connectivity index (χ3n) is 4.26. The zero-order valence-electron chi connectivity index (χ0n) is 15.1. The lowest BCUT2D eigenvalue weighted by atomic mass is 10.0. The van der Waals surface area contributed by atoms with Crippen molar-refractivity contribution in [3.63, 3.8) is 0 Å². The Kier molecular flexibility index (Phi) is 4.77. The van der Waals surface area contributed by atoms with Crippen molar-refractivity contribution < 1.29 is 24.2 Å². The average Bonchev–Trinajstić information content (AvgIpc) is 3.02. The molecule has 3 aromatic rings. The number of esters is 1. The number of carboxylic acid groups (broad SMARTS) is 1. The van der Waals surface area contributed by atoms with Crippen LogP contribution in [0.4, 0.5) is 4.79 Å². The van der Waals surface area contributed by atoms with E-state index in [1.807, 2.05) is 30.3 Å². The number of carbonyl (C=O) groups excluding carboxylic acids is 1. The Morgan fingerprint density at radius 3 is 2.48 bits per heavy atom. The Balaban J connectivity index is 2.02. The molecule has 0 aliphatic carbocycles. The minimum atomic E-state index is -1.54. The molecule has 8 nitrogen and oxygen atoms in total. The van der Waals surface area contributed by atoms with Gasteiger partial charge in [0.2, 0.25) is 6.23 Å². The largest absolute Gasteiger partial charge is 0.512 e. The minimum absolute atomic E-state index is 0.178. The molecular weight excluding hydrogens is 398 g/mol. The Morgan fingerprint density at radius 1 is 1.10 bits per heavy atom. The number of aliphatic imine (C=N–C) groups is 1. The number of hydrogen-bond acceptors (Lipinski definition) is 6. The highest BCUT2D eigenvalue weighted by molar-refractivity contribution is 6.35. The van der Waals surface area contributed by atoms with Crippen LogP contribution in [0.15, 0.2) is 59.9 Å². The van der Waals surface area contributed by atoms with E-state index in [0.29, 0.717) is 27.5 Å². The number of benzene rings is 2. The molecule has 4 rings (SSSR count). The number of carbonyl (C=O) groups is 2. The molecule has 1 aliphatic rings. The van der Waals surface area contributed by atoms with E-state index in [-0.39, 0.29) is 11.6 Å². The van der Waals surface area contributed by atoms with Gasteiger partial charge in [0, 0.05) is 23.1 Å². The fraction of sp³-hybridized carbons (Fsp3) is 0.100. The number of imidazole rings is 1. The number of rotatable bonds is 3. The van der Waals surface area contributed by atoms with Crippen molar-refractivity contribution >= 4 is 29.4 Å². The Bertz CT molecular complexity index is 1150. The summed E-state index contributed by atoms with van der Waals surface area (Å²) in [5.74, 6) is -0.819. The van der Waals surface area contributed by atoms with E-state index in [0.717, 1.165) is 0 Å². The highest BCUT2D eigenvalue weighted by Gasteiger charge is 2.32. The van der Waals surface area contributed by atoms with Gasteiger partial charge in [-0.15, -0.1) is 0 Å². The number of aromatic nitrogens is 2. The lowest BCUT2D eigenvalue weighted by Gasteiger charge is -2.14. The van der Waals surface area contributed by atoms with E-state index < -0.39 is 18.4 Å². The Labute approximate surface area is 170 Å². The highest BCUT2D eigenvalue weighted by atomic mass is 35.5. The van der Waals surface area contributed by atoms with Gasteiger partial charge in [0.15, 0.2) is 5.69 Å². The fourth-order valence-electron chi connectivity index (χ4n) is 3.16. The molecule has 1 aliphatic heterocycles. The summed E-state index contributed by atoms with van der Waals surface area (Å²) in [6, 6.07) is 14.5. The highest BCUT2D eigenvalue weighted by Crippen LogP contribution is 2.37. The summed E-state index contributed by atoms with van der Waals surface area (Å²) in [4.78, 5) is 31.5. The molecule has 1 unspecified atom stereocenters. The summed E-state index contributed by atoms with van der Waals surface area (Å²) in [5, 5.41) is 9.52. The van der Waals surface area contributed by atoms with Crippen LogP contribution < -0.4 is 4.74 Å². The zero-order valence-corrected chi connectivity index (χ0v) is 15.8. The number of halogens is 1. The maximum Gasteiger partial charge on any atom is 0.512 e. The van der Waals surface area contributed by atoms with E-state index in [2.05, 4.69) is 9.98 Å².